The number of carbonyl (C=O) groups is 3. The van der Waals surface area contributed by atoms with Crippen LogP contribution in [0.2, 0.25) is 0 Å². The molecule has 0 aromatic heterocycles. The highest BCUT2D eigenvalue weighted by atomic mass is 32.2. The number of anilines is 1. The molecule has 3 aromatic carbocycles. The van der Waals surface area contributed by atoms with Gasteiger partial charge in [0.25, 0.3) is 5.91 Å². The van der Waals surface area contributed by atoms with Crippen molar-refractivity contribution in [1.82, 2.24) is 10.2 Å². The van der Waals surface area contributed by atoms with E-state index in [2.05, 4.69) is 34.5 Å². The number of sulfone groups is 1. The van der Waals surface area contributed by atoms with E-state index in [1.54, 1.807) is 11.0 Å². The molecule has 3 aliphatic rings. The van der Waals surface area contributed by atoms with Crippen LogP contribution in [0.15, 0.2) is 54.6 Å². The van der Waals surface area contributed by atoms with Gasteiger partial charge in [-0.25, -0.2) is 8.42 Å². The zero-order valence-electron chi connectivity index (χ0n) is 20.3. The molecule has 1 atom stereocenters. The molecule has 3 amide bonds. The Morgan fingerprint density at radius 2 is 1.62 bits per heavy atom. The van der Waals surface area contributed by atoms with Crippen molar-refractivity contribution in [2.24, 2.45) is 0 Å². The predicted molar refractivity (Wildman–Crippen MR) is 140 cm³/mol. The quantitative estimate of drug-likeness (QED) is 0.522. The van der Waals surface area contributed by atoms with E-state index >= 15 is 0 Å². The van der Waals surface area contributed by atoms with Crippen LogP contribution in [0.25, 0.3) is 10.8 Å². The van der Waals surface area contributed by atoms with Crippen molar-refractivity contribution in [3.63, 3.8) is 0 Å². The standard InChI is InChI=1S/C28H27N3O5S/c32-25-11-10-24(27(33)29-25)31-23-9-8-20(21-2-1-3-22(26(21)23)28(31)34)16-18-4-6-19(7-5-18)17-30-12-14-37(35,36)15-13-30/h1-9,24H,10-17H2,(H,29,32,33). The van der Waals surface area contributed by atoms with E-state index in [1.807, 2.05) is 24.3 Å². The van der Waals surface area contributed by atoms with Crippen LogP contribution in [0.3, 0.4) is 0 Å². The van der Waals surface area contributed by atoms with Gasteiger partial charge >= 0.3 is 0 Å². The van der Waals surface area contributed by atoms with Gasteiger partial charge in [0.1, 0.15) is 6.04 Å². The Labute approximate surface area is 215 Å². The molecule has 190 valence electrons. The molecule has 0 saturated carbocycles. The third-order valence-electron chi connectivity index (χ3n) is 7.60. The van der Waals surface area contributed by atoms with Gasteiger partial charge in [0.15, 0.2) is 9.84 Å². The van der Waals surface area contributed by atoms with Crippen LogP contribution in [-0.4, -0.2) is 61.7 Å². The van der Waals surface area contributed by atoms with Crippen LogP contribution in [0, 0.1) is 0 Å². The summed E-state index contributed by atoms with van der Waals surface area (Å²) in [5.41, 5.74) is 4.67. The fourth-order valence-electron chi connectivity index (χ4n) is 5.61. The largest absolute Gasteiger partial charge is 0.297 e. The molecular weight excluding hydrogens is 490 g/mol. The highest BCUT2D eigenvalue weighted by Gasteiger charge is 2.40. The first-order valence-corrected chi connectivity index (χ1v) is 14.3. The van der Waals surface area contributed by atoms with Crippen molar-refractivity contribution in [2.45, 2.75) is 31.8 Å². The summed E-state index contributed by atoms with van der Waals surface area (Å²) in [6.07, 6.45) is 1.22. The van der Waals surface area contributed by atoms with E-state index in [9.17, 15) is 22.8 Å². The van der Waals surface area contributed by atoms with Crippen LogP contribution in [0.5, 0.6) is 0 Å². The monoisotopic (exact) mass is 517 g/mol. The van der Waals surface area contributed by atoms with Crippen molar-refractivity contribution in [3.05, 3.63) is 76.9 Å². The van der Waals surface area contributed by atoms with E-state index in [-0.39, 0.29) is 29.7 Å². The number of hydrogen-bond donors (Lipinski definition) is 1. The second-order valence-electron chi connectivity index (χ2n) is 10.0. The number of benzene rings is 3. The molecule has 3 heterocycles. The number of imide groups is 1. The van der Waals surface area contributed by atoms with Gasteiger partial charge in [0.05, 0.1) is 17.2 Å². The van der Waals surface area contributed by atoms with Crippen LogP contribution >= 0.6 is 0 Å². The molecular formula is C28H27N3O5S. The van der Waals surface area contributed by atoms with Crippen molar-refractivity contribution in [2.75, 3.05) is 29.5 Å². The number of carbonyl (C=O) groups excluding carboxylic acids is 3. The first-order valence-electron chi connectivity index (χ1n) is 12.5. The fourth-order valence-corrected chi connectivity index (χ4v) is 6.88. The van der Waals surface area contributed by atoms with Gasteiger partial charge in [0.2, 0.25) is 11.8 Å². The summed E-state index contributed by atoms with van der Waals surface area (Å²) in [7, 11) is -2.89. The lowest BCUT2D eigenvalue weighted by Crippen LogP contribution is -2.53. The lowest BCUT2D eigenvalue weighted by Gasteiger charge is -2.30. The molecule has 3 aromatic rings. The molecule has 2 saturated heterocycles. The lowest BCUT2D eigenvalue weighted by molar-refractivity contribution is -0.134. The Balaban J connectivity index is 1.23. The highest BCUT2D eigenvalue weighted by Crippen LogP contribution is 2.41. The molecule has 8 nitrogen and oxygen atoms in total. The predicted octanol–water partition coefficient (Wildman–Crippen LogP) is 2.43. The van der Waals surface area contributed by atoms with Crippen LogP contribution in [-0.2, 0) is 32.4 Å². The topological polar surface area (TPSA) is 104 Å². The molecule has 0 spiro atoms. The zero-order chi connectivity index (χ0) is 25.7. The number of nitrogens with zero attached hydrogens (tertiary/aromatic N) is 2. The van der Waals surface area contributed by atoms with Gasteiger partial charge in [0, 0.05) is 37.0 Å². The maximum absolute atomic E-state index is 13.3. The summed E-state index contributed by atoms with van der Waals surface area (Å²) in [6, 6.07) is 17.3. The van der Waals surface area contributed by atoms with E-state index in [0.29, 0.717) is 37.2 Å². The van der Waals surface area contributed by atoms with Gasteiger partial charge in [-0.05, 0) is 47.1 Å². The lowest BCUT2D eigenvalue weighted by atomic mass is 9.95. The van der Waals surface area contributed by atoms with Gasteiger partial charge in [-0.15, -0.1) is 0 Å². The molecule has 1 N–H and O–H groups in total. The first kappa shape index (κ1) is 23.8. The van der Waals surface area contributed by atoms with E-state index < -0.39 is 21.8 Å². The maximum Gasteiger partial charge on any atom is 0.259 e. The van der Waals surface area contributed by atoms with Gasteiger partial charge < -0.3 is 0 Å². The molecule has 1 unspecified atom stereocenters. The summed E-state index contributed by atoms with van der Waals surface area (Å²) in [4.78, 5) is 41.2. The zero-order valence-corrected chi connectivity index (χ0v) is 21.1. The fraction of sp³-hybridized carbons (Fsp3) is 0.321. The van der Waals surface area contributed by atoms with Crippen molar-refractivity contribution < 1.29 is 22.8 Å². The first-order chi connectivity index (χ1) is 17.8. The summed E-state index contributed by atoms with van der Waals surface area (Å²) in [6.45, 7) is 1.87. The molecule has 0 radical (unpaired) electrons. The minimum atomic E-state index is -2.89. The Bertz CT molecular complexity index is 1530. The third kappa shape index (κ3) is 4.42. The van der Waals surface area contributed by atoms with E-state index in [0.717, 1.165) is 34.0 Å². The molecule has 37 heavy (non-hydrogen) atoms. The Kier molecular flexibility index (Phi) is 5.84. The van der Waals surface area contributed by atoms with Crippen LogP contribution in [0.4, 0.5) is 5.69 Å². The minimum Gasteiger partial charge on any atom is -0.297 e. The van der Waals surface area contributed by atoms with Gasteiger partial charge in [-0.2, -0.15) is 0 Å². The molecule has 6 rings (SSSR count). The van der Waals surface area contributed by atoms with E-state index in [1.165, 1.54) is 0 Å². The molecule has 0 aliphatic carbocycles. The Hall–Kier alpha value is -3.56. The Morgan fingerprint density at radius 1 is 0.892 bits per heavy atom. The Morgan fingerprint density at radius 3 is 2.35 bits per heavy atom. The summed E-state index contributed by atoms with van der Waals surface area (Å²) in [5, 5.41) is 4.20. The number of rotatable bonds is 5. The molecule has 3 aliphatic heterocycles. The second-order valence-corrected chi connectivity index (χ2v) is 12.3. The van der Waals surface area contributed by atoms with Crippen LogP contribution < -0.4 is 10.2 Å². The second kappa shape index (κ2) is 9.08. The molecule has 9 heteroatoms. The van der Waals surface area contributed by atoms with Crippen molar-refractivity contribution >= 4 is 44.0 Å². The maximum atomic E-state index is 13.3. The van der Waals surface area contributed by atoms with Gasteiger partial charge in [-0.1, -0.05) is 42.5 Å². The van der Waals surface area contributed by atoms with E-state index in [4.69, 9.17) is 0 Å². The SMILES string of the molecule is O=C1CCC(N2C(=O)c3cccc4c(Cc5ccc(CN6CCS(=O)(=O)CC6)cc5)ccc2c34)C(=O)N1. The van der Waals surface area contributed by atoms with Crippen molar-refractivity contribution in [3.8, 4) is 0 Å². The number of nitrogens with one attached hydrogen (secondary N) is 1. The summed E-state index contributed by atoms with van der Waals surface area (Å²) in [5.74, 6) is -0.497. The van der Waals surface area contributed by atoms with Crippen LogP contribution in [0.1, 0.15) is 39.9 Å². The van der Waals surface area contributed by atoms with Gasteiger partial charge in [-0.3, -0.25) is 29.5 Å². The highest BCUT2D eigenvalue weighted by molar-refractivity contribution is 7.91. The normalized spacial score (nSPS) is 21.5. The average Bonchev–Trinajstić information content (AvgIpc) is 3.16. The third-order valence-corrected chi connectivity index (χ3v) is 9.21. The smallest absolute Gasteiger partial charge is 0.259 e. The summed E-state index contributed by atoms with van der Waals surface area (Å²) < 4.78 is 23.3. The van der Waals surface area contributed by atoms with Crippen molar-refractivity contribution in [1.29, 1.82) is 0 Å². The number of hydrogen-bond acceptors (Lipinski definition) is 6. The number of amides is 3. The average molecular weight is 518 g/mol. The molecule has 0 bridgehead atoms. The molecule has 2 fully saturated rings. The minimum absolute atomic E-state index is 0.206. The summed E-state index contributed by atoms with van der Waals surface area (Å²) >= 11 is 0. The number of piperidine rings is 1.